The van der Waals surface area contributed by atoms with E-state index in [2.05, 4.69) is 15.1 Å². The van der Waals surface area contributed by atoms with Gasteiger partial charge in [-0.1, -0.05) is 24.3 Å². The number of nitrogens with one attached hydrogen (secondary N) is 1. The van der Waals surface area contributed by atoms with Gasteiger partial charge in [0.05, 0.1) is 17.5 Å². The number of hydrogen-bond donors (Lipinski definition) is 3. The van der Waals surface area contributed by atoms with Gasteiger partial charge in [0.1, 0.15) is 5.75 Å². The number of piperazine rings is 1. The summed E-state index contributed by atoms with van der Waals surface area (Å²) in [5.74, 6) is -1.82. The number of aromatic hydroxyl groups is 1. The summed E-state index contributed by atoms with van der Waals surface area (Å²) in [5.41, 5.74) is 0.879. The molecule has 1 aromatic rings. The Balaban J connectivity index is 1.36. The second-order valence-corrected chi connectivity index (χ2v) is 7.46. The molecule has 0 bridgehead atoms. The topological polar surface area (TPSA) is 93.1 Å². The number of anilines is 1. The highest BCUT2D eigenvalue weighted by molar-refractivity contribution is 5.85. The van der Waals surface area contributed by atoms with Gasteiger partial charge < -0.3 is 20.4 Å². The second kappa shape index (κ2) is 9.59. The quantitative estimate of drug-likeness (QED) is 0.487. The first-order valence-electron chi connectivity index (χ1n) is 9.97. The normalized spacial score (nSPS) is 22.8. The SMILES string of the molecule is O=C(O)C1CC=CCC1C(=O)NCCCN1CCN(c2ccccc2O)CC1. The predicted octanol–water partition coefficient (Wildman–Crippen LogP) is 1.69. The molecule has 1 aliphatic heterocycles. The Kier molecular flexibility index (Phi) is 6.92. The van der Waals surface area contributed by atoms with Crippen molar-refractivity contribution in [1.82, 2.24) is 10.2 Å². The number of aliphatic carboxylic acids is 1. The Morgan fingerprint density at radius 2 is 1.71 bits per heavy atom. The standard InChI is InChI=1S/C21H29N3O4/c25-19-9-4-3-8-18(19)24-14-12-23(13-15-24)11-5-10-22-20(26)16-6-1-2-7-17(16)21(27)28/h1-4,8-9,16-17,25H,5-7,10-15H2,(H,22,26)(H,27,28). The van der Waals surface area contributed by atoms with Crippen molar-refractivity contribution in [2.24, 2.45) is 11.8 Å². The monoisotopic (exact) mass is 387 g/mol. The van der Waals surface area contributed by atoms with Crippen molar-refractivity contribution in [3.05, 3.63) is 36.4 Å². The number of para-hydroxylation sites is 2. The van der Waals surface area contributed by atoms with Gasteiger partial charge in [0, 0.05) is 32.7 Å². The van der Waals surface area contributed by atoms with Crippen molar-refractivity contribution in [3.8, 4) is 5.75 Å². The summed E-state index contributed by atoms with van der Waals surface area (Å²) in [6.07, 6.45) is 5.50. The number of hydrogen-bond acceptors (Lipinski definition) is 5. The van der Waals surface area contributed by atoms with E-state index >= 15 is 0 Å². The molecule has 2 aliphatic rings. The summed E-state index contributed by atoms with van der Waals surface area (Å²) >= 11 is 0. The lowest BCUT2D eigenvalue weighted by atomic mass is 9.82. The van der Waals surface area contributed by atoms with Crippen LogP contribution < -0.4 is 10.2 Å². The number of benzene rings is 1. The average Bonchev–Trinajstić information content (AvgIpc) is 2.72. The molecule has 1 fully saturated rings. The van der Waals surface area contributed by atoms with Gasteiger partial charge in [0.15, 0.2) is 0 Å². The molecular weight excluding hydrogens is 358 g/mol. The van der Waals surface area contributed by atoms with Gasteiger partial charge in [-0.15, -0.1) is 0 Å². The zero-order chi connectivity index (χ0) is 19.9. The number of carboxylic acids is 1. The Morgan fingerprint density at radius 1 is 1.04 bits per heavy atom. The fourth-order valence-corrected chi connectivity index (χ4v) is 3.97. The molecule has 1 aromatic carbocycles. The third-order valence-electron chi connectivity index (χ3n) is 5.63. The van der Waals surface area contributed by atoms with Crippen LogP contribution in [0.5, 0.6) is 5.75 Å². The minimum absolute atomic E-state index is 0.152. The molecule has 1 heterocycles. The van der Waals surface area contributed by atoms with E-state index in [1.165, 1.54) is 0 Å². The van der Waals surface area contributed by atoms with Crippen molar-refractivity contribution in [3.63, 3.8) is 0 Å². The fourth-order valence-electron chi connectivity index (χ4n) is 3.97. The summed E-state index contributed by atoms with van der Waals surface area (Å²) in [6.45, 7) is 5.00. The number of amides is 1. The molecule has 1 saturated heterocycles. The van der Waals surface area contributed by atoms with E-state index in [-0.39, 0.29) is 5.91 Å². The molecule has 7 heteroatoms. The molecular formula is C21H29N3O4. The maximum atomic E-state index is 12.3. The predicted molar refractivity (Wildman–Crippen MR) is 107 cm³/mol. The lowest BCUT2D eigenvalue weighted by molar-refractivity contribution is -0.147. The highest BCUT2D eigenvalue weighted by Crippen LogP contribution is 2.27. The molecule has 0 radical (unpaired) electrons. The zero-order valence-electron chi connectivity index (χ0n) is 16.1. The number of nitrogens with zero attached hydrogens (tertiary/aromatic N) is 2. The number of allylic oxidation sites excluding steroid dienone is 2. The van der Waals surface area contributed by atoms with Crippen LogP contribution in [0.4, 0.5) is 5.69 Å². The lowest BCUT2D eigenvalue weighted by Crippen LogP contribution is -2.47. The van der Waals surface area contributed by atoms with Crippen molar-refractivity contribution in [2.45, 2.75) is 19.3 Å². The smallest absolute Gasteiger partial charge is 0.307 e. The number of carbonyl (C=O) groups excluding carboxylic acids is 1. The Labute approximate surface area is 165 Å². The van der Waals surface area contributed by atoms with E-state index in [1.54, 1.807) is 6.07 Å². The summed E-state index contributed by atoms with van der Waals surface area (Å²) in [4.78, 5) is 28.2. The maximum Gasteiger partial charge on any atom is 0.307 e. The molecule has 1 amide bonds. The molecule has 152 valence electrons. The lowest BCUT2D eigenvalue weighted by Gasteiger charge is -2.36. The number of carboxylic acid groups (broad SMARTS) is 1. The molecule has 0 saturated carbocycles. The Hall–Kier alpha value is -2.54. The van der Waals surface area contributed by atoms with Crippen LogP contribution in [-0.4, -0.2) is 66.3 Å². The summed E-state index contributed by atoms with van der Waals surface area (Å²) in [5, 5.41) is 22.2. The summed E-state index contributed by atoms with van der Waals surface area (Å²) in [7, 11) is 0. The fraction of sp³-hybridized carbons (Fsp3) is 0.524. The highest BCUT2D eigenvalue weighted by Gasteiger charge is 2.33. The average molecular weight is 387 g/mol. The third kappa shape index (κ3) is 5.04. The van der Waals surface area contributed by atoms with Crippen LogP contribution in [0, 0.1) is 11.8 Å². The van der Waals surface area contributed by atoms with E-state index in [9.17, 15) is 19.8 Å². The molecule has 1 aliphatic carbocycles. The van der Waals surface area contributed by atoms with Gasteiger partial charge >= 0.3 is 5.97 Å². The highest BCUT2D eigenvalue weighted by atomic mass is 16.4. The molecule has 3 N–H and O–H groups in total. The van der Waals surface area contributed by atoms with Crippen LogP contribution in [0.1, 0.15) is 19.3 Å². The molecule has 2 atom stereocenters. The first-order chi connectivity index (χ1) is 13.6. The minimum Gasteiger partial charge on any atom is -0.506 e. The van der Waals surface area contributed by atoms with Crippen LogP contribution in [0.25, 0.3) is 0 Å². The van der Waals surface area contributed by atoms with Gasteiger partial charge in [-0.2, -0.15) is 0 Å². The van der Waals surface area contributed by atoms with Crippen molar-refractivity contribution < 1.29 is 19.8 Å². The van der Waals surface area contributed by atoms with Gasteiger partial charge in [0.2, 0.25) is 5.91 Å². The number of carbonyl (C=O) groups is 2. The minimum atomic E-state index is -0.896. The Morgan fingerprint density at radius 3 is 2.39 bits per heavy atom. The molecule has 0 spiro atoms. The van der Waals surface area contributed by atoms with Gasteiger partial charge in [-0.3, -0.25) is 14.5 Å². The van der Waals surface area contributed by atoms with Crippen molar-refractivity contribution in [2.75, 3.05) is 44.2 Å². The van der Waals surface area contributed by atoms with Gasteiger partial charge in [0.25, 0.3) is 0 Å². The molecule has 7 nitrogen and oxygen atoms in total. The summed E-state index contributed by atoms with van der Waals surface area (Å²) in [6, 6.07) is 7.40. The summed E-state index contributed by atoms with van der Waals surface area (Å²) < 4.78 is 0. The number of phenolic OH excluding ortho intramolecular Hbond substituents is 1. The van der Waals surface area contributed by atoms with Gasteiger partial charge in [-0.05, 0) is 37.9 Å². The van der Waals surface area contributed by atoms with Crippen LogP contribution in [0.15, 0.2) is 36.4 Å². The Bertz CT molecular complexity index is 713. The second-order valence-electron chi connectivity index (χ2n) is 7.46. The first kappa shape index (κ1) is 20.2. The number of phenols is 1. The van der Waals surface area contributed by atoms with Crippen LogP contribution in [-0.2, 0) is 9.59 Å². The van der Waals surface area contributed by atoms with Crippen LogP contribution in [0.2, 0.25) is 0 Å². The van der Waals surface area contributed by atoms with E-state index in [1.807, 2.05) is 30.4 Å². The molecule has 0 aromatic heterocycles. The van der Waals surface area contributed by atoms with E-state index < -0.39 is 17.8 Å². The van der Waals surface area contributed by atoms with E-state index in [4.69, 9.17) is 0 Å². The van der Waals surface area contributed by atoms with Crippen molar-refractivity contribution in [1.29, 1.82) is 0 Å². The van der Waals surface area contributed by atoms with Crippen molar-refractivity contribution >= 4 is 17.6 Å². The number of rotatable bonds is 7. The van der Waals surface area contributed by atoms with Crippen LogP contribution in [0.3, 0.4) is 0 Å². The first-order valence-corrected chi connectivity index (χ1v) is 9.97. The zero-order valence-corrected chi connectivity index (χ0v) is 16.1. The largest absolute Gasteiger partial charge is 0.506 e. The van der Waals surface area contributed by atoms with Gasteiger partial charge in [-0.25, -0.2) is 0 Å². The third-order valence-corrected chi connectivity index (χ3v) is 5.63. The van der Waals surface area contributed by atoms with Crippen LogP contribution >= 0.6 is 0 Å². The van der Waals surface area contributed by atoms with E-state index in [0.717, 1.165) is 44.8 Å². The molecule has 28 heavy (non-hydrogen) atoms. The maximum absolute atomic E-state index is 12.3. The molecule has 2 unspecified atom stereocenters. The van der Waals surface area contributed by atoms with E-state index in [0.29, 0.717) is 25.1 Å². The molecule has 3 rings (SSSR count).